The Morgan fingerprint density at radius 3 is 1.73 bits per heavy atom. The number of aliphatic hydroxyl groups is 1. The molecular formula is C32H48O4S. The van der Waals surface area contributed by atoms with E-state index in [1.807, 2.05) is 48.5 Å². The predicted molar refractivity (Wildman–Crippen MR) is 159 cm³/mol. The molecule has 0 heterocycles. The molecule has 0 bridgehead atoms. The van der Waals surface area contributed by atoms with E-state index in [1.54, 1.807) is 0 Å². The molecule has 0 fully saturated rings. The molecule has 2 aromatic carbocycles. The van der Waals surface area contributed by atoms with Gasteiger partial charge < -0.3 is 19.3 Å². The van der Waals surface area contributed by atoms with Crippen molar-refractivity contribution in [1.29, 1.82) is 0 Å². The molecule has 4 nitrogen and oxygen atoms in total. The monoisotopic (exact) mass is 528 g/mol. The third kappa shape index (κ3) is 7.47. The zero-order valence-electron chi connectivity index (χ0n) is 24.6. The summed E-state index contributed by atoms with van der Waals surface area (Å²) in [7, 11) is -1.01. The van der Waals surface area contributed by atoms with E-state index in [2.05, 4.69) is 73.8 Å². The zero-order chi connectivity index (χ0) is 28.1. The number of hydrogen-bond acceptors (Lipinski definition) is 4. The molecule has 1 unspecified atom stereocenters. The van der Waals surface area contributed by atoms with Crippen LogP contribution in [0.3, 0.4) is 0 Å². The summed E-state index contributed by atoms with van der Waals surface area (Å²) in [5.41, 5.74) is -0.734. The van der Waals surface area contributed by atoms with Gasteiger partial charge in [0, 0.05) is 17.5 Å². The lowest BCUT2D eigenvalue weighted by molar-refractivity contribution is 0.00570. The van der Waals surface area contributed by atoms with Gasteiger partial charge in [-0.15, -0.1) is 6.42 Å². The number of rotatable bonds is 12. The Labute approximate surface area is 227 Å². The summed E-state index contributed by atoms with van der Waals surface area (Å²) in [6, 6.07) is 14.6. The van der Waals surface area contributed by atoms with E-state index in [0.29, 0.717) is 24.3 Å². The van der Waals surface area contributed by atoms with Crippen LogP contribution in [0.4, 0.5) is 0 Å². The molecule has 1 atom stereocenters. The van der Waals surface area contributed by atoms with Gasteiger partial charge in [0.05, 0.1) is 18.1 Å². The molecular weight excluding hydrogens is 480 g/mol. The minimum absolute atomic E-state index is 0.190. The second kappa shape index (κ2) is 11.7. The number of terminal acetylenes is 1. The normalized spacial score (nSPS) is 15.0. The average molecular weight is 529 g/mol. The summed E-state index contributed by atoms with van der Waals surface area (Å²) in [6.07, 6.45) is 12.2. The van der Waals surface area contributed by atoms with Crippen molar-refractivity contribution in [1.82, 2.24) is 0 Å². The molecule has 0 aliphatic carbocycles. The van der Waals surface area contributed by atoms with E-state index >= 15 is 0 Å². The maximum atomic E-state index is 11.3. The quantitative estimate of drug-likeness (QED) is 0.290. The van der Waals surface area contributed by atoms with Gasteiger partial charge >= 0.3 is 0 Å². The summed E-state index contributed by atoms with van der Waals surface area (Å²) < 4.78 is 18.6. The van der Waals surface area contributed by atoms with E-state index < -0.39 is 21.2 Å². The van der Waals surface area contributed by atoms with Crippen molar-refractivity contribution in [2.75, 3.05) is 25.7 Å². The maximum Gasteiger partial charge on any atom is 0.176 e. The lowest BCUT2D eigenvalue weighted by Gasteiger charge is -2.55. The Balaban J connectivity index is 2.07. The van der Waals surface area contributed by atoms with E-state index in [1.165, 1.54) is 0 Å². The molecule has 0 aromatic heterocycles. The molecule has 0 amide bonds. The van der Waals surface area contributed by atoms with Gasteiger partial charge in [-0.2, -0.15) is 0 Å². The Kier molecular flexibility index (Phi) is 9.85. The van der Waals surface area contributed by atoms with Crippen LogP contribution in [0.5, 0.6) is 11.5 Å². The third-order valence-electron chi connectivity index (χ3n) is 7.53. The second-order valence-electron chi connectivity index (χ2n) is 12.1. The minimum Gasteiger partial charge on any atom is -0.494 e. The topological polar surface area (TPSA) is 47.9 Å². The van der Waals surface area contributed by atoms with Crippen LogP contribution in [0, 0.1) is 12.3 Å². The smallest absolute Gasteiger partial charge is 0.176 e. The van der Waals surface area contributed by atoms with E-state index in [0.717, 1.165) is 24.3 Å². The van der Waals surface area contributed by atoms with Crippen LogP contribution in [0.1, 0.15) is 79.4 Å². The van der Waals surface area contributed by atoms with Crippen molar-refractivity contribution in [3.63, 3.8) is 0 Å². The highest BCUT2D eigenvalue weighted by atomic mass is 32.3. The summed E-state index contributed by atoms with van der Waals surface area (Å²) in [6.45, 7) is 18.8. The average Bonchev–Trinajstić information content (AvgIpc) is 2.81. The molecule has 0 aliphatic heterocycles. The minimum atomic E-state index is -1.54. The number of ether oxygens (including phenoxy) is 3. The summed E-state index contributed by atoms with van der Waals surface area (Å²) in [5, 5.41) is 11.3. The Hall–Kier alpha value is -2.13. The van der Waals surface area contributed by atoms with Gasteiger partial charge in [-0.1, -0.05) is 57.9 Å². The summed E-state index contributed by atoms with van der Waals surface area (Å²) in [5.74, 6) is 4.04. The fourth-order valence-corrected chi connectivity index (χ4v) is 5.76. The van der Waals surface area contributed by atoms with Crippen LogP contribution in [0.25, 0.3) is 0 Å². The molecule has 206 valence electrons. The third-order valence-corrected chi connectivity index (χ3v) is 13.2. The first-order valence-corrected chi connectivity index (χ1v) is 15.5. The van der Waals surface area contributed by atoms with E-state index in [4.69, 9.17) is 20.6 Å². The number of benzene rings is 2. The number of hydrogen-bond donors (Lipinski definition) is 1. The van der Waals surface area contributed by atoms with Crippen LogP contribution >= 0.6 is 10.0 Å². The van der Waals surface area contributed by atoms with Crippen molar-refractivity contribution in [3.8, 4) is 23.8 Å². The Bertz CT molecular complexity index is 1040. The zero-order valence-corrected chi connectivity index (χ0v) is 25.4. The second-order valence-corrected chi connectivity index (χ2v) is 16.9. The molecule has 0 spiro atoms. The van der Waals surface area contributed by atoms with Crippen LogP contribution in [-0.2, 0) is 10.3 Å². The van der Waals surface area contributed by atoms with Gasteiger partial charge in [0.15, 0.2) is 5.60 Å². The highest BCUT2D eigenvalue weighted by Gasteiger charge is 2.42. The molecule has 0 radical (unpaired) electrons. The Morgan fingerprint density at radius 2 is 1.30 bits per heavy atom. The van der Waals surface area contributed by atoms with Gasteiger partial charge in [-0.3, -0.25) is 0 Å². The Morgan fingerprint density at radius 1 is 0.811 bits per heavy atom. The first-order chi connectivity index (χ1) is 17.0. The summed E-state index contributed by atoms with van der Waals surface area (Å²) in [4.78, 5) is -0.205. The van der Waals surface area contributed by atoms with Crippen molar-refractivity contribution < 1.29 is 19.3 Å². The van der Waals surface area contributed by atoms with Gasteiger partial charge in [0.1, 0.15) is 17.1 Å². The predicted octanol–water partition coefficient (Wildman–Crippen LogP) is 7.51. The maximum absolute atomic E-state index is 11.3. The molecule has 1 N–H and O–H groups in total. The fraction of sp³-hybridized carbons (Fsp3) is 0.562. The van der Waals surface area contributed by atoms with Crippen LogP contribution in [0.15, 0.2) is 48.5 Å². The standard InChI is InChI=1S/C32H48O4S/c1-12-23-34-27-18-14-25(15-19-27)32(33,13-2)26-16-20-28(21-17-26)36-30(6,7)22-24-35-31(8,9)37(10,11)29(3,4)5/h2,14-21,33H,12,22-24H2,1,3-11H3. The molecule has 0 aliphatic rings. The van der Waals surface area contributed by atoms with Crippen LogP contribution in [-0.4, -0.2) is 46.1 Å². The summed E-state index contributed by atoms with van der Waals surface area (Å²) >= 11 is 0. The first-order valence-electron chi connectivity index (χ1n) is 13.1. The van der Waals surface area contributed by atoms with Crippen LogP contribution < -0.4 is 9.47 Å². The first kappa shape index (κ1) is 31.1. The molecule has 0 saturated carbocycles. The van der Waals surface area contributed by atoms with E-state index in [9.17, 15) is 5.11 Å². The van der Waals surface area contributed by atoms with Crippen molar-refractivity contribution in [2.24, 2.45) is 0 Å². The van der Waals surface area contributed by atoms with Gasteiger partial charge in [0.25, 0.3) is 0 Å². The van der Waals surface area contributed by atoms with Crippen molar-refractivity contribution >= 4 is 10.0 Å². The highest BCUT2D eigenvalue weighted by Crippen LogP contribution is 2.62. The van der Waals surface area contributed by atoms with Gasteiger partial charge in [-0.05, 0) is 75.6 Å². The molecule has 0 saturated heterocycles. The SMILES string of the molecule is C#CC(O)(c1ccc(OCCC)cc1)c1ccc(OC(C)(C)CCOC(C)(C)S(C)(C)C(C)(C)C)cc1. The van der Waals surface area contributed by atoms with E-state index in [-0.39, 0.29) is 9.68 Å². The molecule has 37 heavy (non-hydrogen) atoms. The highest BCUT2D eigenvalue weighted by molar-refractivity contribution is 8.34. The lowest BCUT2D eigenvalue weighted by atomic mass is 9.87. The van der Waals surface area contributed by atoms with Crippen LogP contribution in [0.2, 0.25) is 0 Å². The van der Waals surface area contributed by atoms with Crippen molar-refractivity contribution in [3.05, 3.63) is 59.7 Å². The van der Waals surface area contributed by atoms with Crippen molar-refractivity contribution in [2.45, 2.75) is 89.1 Å². The largest absolute Gasteiger partial charge is 0.494 e. The lowest BCUT2D eigenvalue weighted by Crippen LogP contribution is -2.42. The van der Waals surface area contributed by atoms with Gasteiger partial charge in [0.2, 0.25) is 0 Å². The molecule has 2 rings (SSSR count). The fourth-order valence-electron chi connectivity index (χ4n) is 3.91. The molecule has 5 heteroatoms. The van der Waals surface area contributed by atoms with Gasteiger partial charge in [-0.25, -0.2) is 10.0 Å². The molecule has 2 aromatic rings.